The molecule has 1 heterocycles. The van der Waals surface area contributed by atoms with Gasteiger partial charge in [0, 0.05) is 18.8 Å². The molecule has 1 aliphatic rings. The zero-order chi connectivity index (χ0) is 14.8. The molecule has 0 spiro atoms. The highest BCUT2D eigenvalue weighted by molar-refractivity contribution is 5.85. The van der Waals surface area contributed by atoms with Crippen molar-refractivity contribution in [2.75, 3.05) is 23.3 Å². The van der Waals surface area contributed by atoms with Crippen molar-refractivity contribution in [3.63, 3.8) is 0 Å². The molecule has 4 nitrogen and oxygen atoms in total. The third-order valence-electron chi connectivity index (χ3n) is 3.06. The second-order valence-electron chi connectivity index (χ2n) is 5.99. The molecule has 1 fully saturated rings. The molecule has 20 heavy (non-hydrogen) atoms. The number of amides is 1. The first kappa shape index (κ1) is 14.6. The normalized spacial score (nSPS) is 15.3. The van der Waals surface area contributed by atoms with Crippen LogP contribution in [-0.2, 0) is 4.74 Å². The van der Waals surface area contributed by atoms with E-state index >= 15 is 0 Å². The number of rotatable bonds is 2. The number of benzene rings is 1. The number of hydrogen-bond donors (Lipinski definition) is 1. The van der Waals surface area contributed by atoms with Gasteiger partial charge >= 0.3 is 6.09 Å². The van der Waals surface area contributed by atoms with Gasteiger partial charge in [-0.05, 0) is 51.8 Å². The van der Waals surface area contributed by atoms with E-state index in [1.54, 1.807) is 26.8 Å². The summed E-state index contributed by atoms with van der Waals surface area (Å²) in [4.78, 5) is 13.8. The Balaban J connectivity index is 2.04. The zero-order valence-electron chi connectivity index (χ0n) is 12.2. The Morgan fingerprint density at radius 1 is 1.30 bits per heavy atom. The molecule has 1 aliphatic heterocycles. The minimum absolute atomic E-state index is 0.141. The molecule has 2 rings (SSSR count). The Hall–Kier alpha value is -1.78. The topological polar surface area (TPSA) is 41.6 Å². The van der Waals surface area contributed by atoms with Crippen LogP contribution in [0.5, 0.6) is 0 Å². The summed E-state index contributed by atoms with van der Waals surface area (Å²) in [7, 11) is 0. The first-order valence-corrected chi connectivity index (χ1v) is 6.90. The molecule has 0 unspecified atom stereocenters. The van der Waals surface area contributed by atoms with Gasteiger partial charge in [0.05, 0.1) is 5.69 Å². The third kappa shape index (κ3) is 3.85. The van der Waals surface area contributed by atoms with Gasteiger partial charge in [-0.3, -0.25) is 5.32 Å². The van der Waals surface area contributed by atoms with E-state index in [2.05, 4.69) is 10.2 Å². The lowest BCUT2D eigenvalue weighted by atomic mass is 10.2. The second kappa shape index (κ2) is 5.69. The second-order valence-corrected chi connectivity index (χ2v) is 5.99. The number of nitrogens with zero attached hydrogens (tertiary/aromatic N) is 1. The first-order valence-electron chi connectivity index (χ1n) is 6.90. The minimum atomic E-state index is -0.648. The summed E-state index contributed by atoms with van der Waals surface area (Å²) in [6.07, 6.45) is 1.63. The SMILES string of the molecule is CC(C)(C)OC(=O)Nc1ccc(N2CCCC2)cc1F. The molecule has 0 atom stereocenters. The highest BCUT2D eigenvalue weighted by Gasteiger charge is 2.18. The average molecular weight is 280 g/mol. The van der Waals surface area contributed by atoms with E-state index < -0.39 is 17.5 Å². The van der Waals surface area contributed by atoms with Crippen LogP contribution in [0.4, 0.5) is 20.6 Å². The van der Waals surface area contributed by atoms with E-state index in [0.717, 1.165) is 31.6 Å². The molecule has 1 saturated heterocycles. The van der Waals surface area contributed by atoms with Crippen molar-refractivity contribution in [3.05, 3.63) is 24.0 Å². The van der Waals surface area contributed by atoms with Crippen LogP contribution in [0.1, 0.15) is 33.6 Å². The van der Waals surface area contributed by atoms with Crippen molar-refractivity contribution in [1.82, 2.24) is 0 Å². The summed E-state index contributed by atoms with van der Waals surface area (Å²) in [5, 5.41) is 2.43. The smallest absolute Gasteiger partial charge is 0.412 e. The monoisotopic (exact) mass is 280 g/mol. The van der Waals surface area contributed by atoms with Crippen LogP contribution in [-0.4, -0.2) is 24.8 Å². The summed E-state index contributed by atoms with van der Waals surface area (Å²) in [5.74, 6) is -0.444. The standard InChI is InChI=1S/C15H21FN2O2/c1-15(2,3)20-14(19)17-13-7-6-11(10-12(13)16)18-8-4-5-9-18/h6-7,10H,4-5,8-9H2,1-3H3,(H,17,19). The number of carbonyl (C=O) groups excluding carboxylic acids is 1. The highest BCUT2D eigenvalue weighted by Crippen LogP contribution is 2.25. The molecule has 0 aliphatic carbocycles. The van der Waals surface area contributed by atoms with Crippen molar-refractivity contribution < 1.29 is 13.9 Å². The van der Waals surface area contributed by atoms with Crippen molar-refractivity contribution in [2.45, 2.75) is 39.2 Å². The average Bonchev–Trinajstić information content (AvgIpc) is 2.82. The number of halogens is 1. The summed E-state index contributed by atoms with van der Waals surface area (Å²) in [6.45, 7) is 7.20. The summed E-state index contributed by atoms with van der Waals surface area (Å²) in [5.41, 5.74) is 0.396. The molecular formula is C15H21FN2O2. The zero-order valence-corrected chi connectivity index (χ0v) is 12.2. The summed E-state index contributed by atoms with van der Waals surface area (Å²) in [6, 6.07) is 4.85. The fourth-order valence-corrected chi connectivity index (χ4v) is 2.19. The van der Waals surface area contributed by atoms with E-state index in [1.807, 2.05) is 6.07 Å². The molecule has 1 aromatic carbocycles. The number of anilines is 2. The van der Waals surface area contributed by atoms with Crippen LogP contribution >= 0.6 is 0 Å². The van der Waals surface area contributed by atoms with Gasteiger partial charge in [-0.1, -0.05) is 0 Å². The van der Waals surface area contributed by atoms with E-state index in [4.69, 9.17) is 4.74 Å². The molecule has 0 bridgehead atoms. The van der Waals surface area contributed by atoms with Gasteiger partial charge in [-0.2, -0.15) is 0 Å². The van der Waals surface area contributed by atoms with Crippen LogP contribution in [0.3, 0.4) is 0 Å². The molecule has 0 aromatic heterocycles. The lowest BCUT2D eigenvalue weighted by Gasteiger charge is -2.21. The van der Waals surface area contributed by atoms with E-state index in [1.165, 1.54) is 6.07 Å². The lowest BCUT2D eigenvalue weighted by molar-refractivity contribution is 0.0635. The van der Waals surface area contributed by atoms with Gasteiger partial charge in [0.1, 0.15) is 11.4 Å². The summed E-state index contributed by atoms with van der Waals surface area (Å²) >= 11 is 0. The predicted octanol–water partition coefficient (Wildman–Crippen LogP) is 3.77. The maximum Gasteiger partial charge on any atom is 0.412 e. The number of hydrogen-bond acceptors (Lipinski definition) is 3. The predicted molar refractivity (Wildman–Crippen MR) is 77.7 cm³/mol. The third-order valence-corrected chi connectivity index (χ3v) is 3.06. The van der Waals surface area contributed by atoms with Crippen molar-refractivity contribution >= 4 is 17.5 Å². The van der Waals surface area contributed by atoms with Gasteiger partial charge in [0.15, 0.2) is 0 Å². The Morgan fingerprint density at radius 3 is 2.50 bits per heavy atom. The maximum atomic E-state index is 14.0. The van der Waals surface area contributed by atoms with Gasteiger partial charge in [0.2, 0.25) is 0 Å². The van der Waals surface area contributed by atoms with E-state index in [-0.39, 0.29) is 5.69 Å². The number of carbonyl (C=O) groups is 1. The fraction of sp³-hybridized carbons (Fsp3) is 0.533. The Kier molecular flexibility index (Phi) is 4.16. The van der Waals surface area contributed by atoms with Gasteiger partial charge in [0.25, 0.3) is 0 Å². The molecule has 0 saturated carbocycles. The Bertz CT molecular complexity index is 491. The molecule has 1 N–H and O–H groups in total. The van der Waals surface area contributed by atoms with Gasteiger partial charge in [-0.25, -0.2) is 9.18 Å². The van der Waals surface area contributed by atoms with Crippen LogP contribution in [0, 0.1) is 5.82 Å². The molecule has 1 amide bonds. The van der Waals surface area contributed by atoms with Crippen molar-refractivity contribution in [1.29, 1.82) is 0 Å². The van der Waals surface area contributed by atoms with Gasteiger partial charge < -0.3 is 9.64 Å². The van der Waals surface area contributed by atoms with Gasteiger partial charge in [-0.15, -0.1) is 0 Å². The minimum Gasteiger partial charge on any atom is -0.444 e. The van der Waals surface area contributed by atoms with Crippen LogP contribution in [0.25, 0.3) is 0 Å². The van der Waals surface area contributed by atoms with E-state index in [0.29, 0.717) is 0 Å². The van der Waals surface area contributed by atoms with Crippen molar-refractivity contribution in [2.24, 2.45) is 0 Å². The lowest BCUT2D eigenvalue weighted by Crippen LogP contribution is -2.27. The Morgan fingerprint density at radius 2 is 1.95 bits per heavy atom. The van der Waals surface area contributed by atoms with Crippen LogP contribution in [0.2, 0.25) is 0 Å². The number of nitrogens with one attached hydrogen (secondary N) is 1. The molecule has 1 aromatic rings. The molecule has 110 valence electrons. The highest BCUT2D eigenvalue weighted by atomic mass is 19.1. The molecule has 5 heteroatoms. The van der Waals surface area contributed by atoms with Crippen LogP contribution < -0.4 is 10.2 Å². The molecule has 0 radical (unpaired) electrons. The number of ether oxygens (including phenoxy) is 1. The first-order chi connectivity index (χ1) is 9.35. The summed E-state index contributed by atoms with van der Waals surface area (Å²) < 4.78 is 19.1. The van der Waals surface area contributed by atoms with Crippen molar-refractivity contribution in [3.8, 4) is 0 Å². The quantitative estimate of drug-likeness (QED) is 0.896. The Labute approximate surface area is 118 Å². The largest absolute Gasteiger partial charge is 0.444 e. The van der Waals surface area contributed by atoms with Crippen LogP contribution in [0.15, 0.2) is 18.2 Å². The maximum absolute atomic E-state index is 14.0. The van der Waals surface area contributed by atoms with E-state index in [9.17, 15) is 9.18 Å². The molecular weight excluding hydrogens is 259 g/mol. The fourth-order valence-electron chi connectivity index (χ4n) is 2.19.